The second-order valence-electron chi connectivity index (χ2n) is 2.10. The molecule has 5 heteroatoms. The topological polar surface area (TPSA) is 74.6 Å². The smallest absolute Gasteiger partial charge is 0.324 e. The zero-order valence-corrected chi connectivity index (χ0v) is 7.12. The summed E-state index contributed by atoms with van der Waals surface area (Å²) in [7, 11) is -4.16. The summed E-state index contributed by atoms with van der Waals surface area (Å²) in [5, 5.41) is 0. The van der Waals surface area contributed by atoms with Crippen molar-refractivity contribution >= 4 is 13.4 Å². The highest BCUT2D eigenvalue weighted by molar-refractivity contribution is 7.52. The van der Waals surface area contributed by atoms with Gasteiger partial charge in [0, 0.05) is 0 Å². The van der Waals surface area contributed by atoms with Crippen molar-refractivity contribution in [2.45, 2.75) is 13.3 Å². The molecule has 0 saturated carbocycles. The van der Waals surface area contributed by atoms with Crippen LogP contribution in [0.2, 0.25) is 0 Å². The third-order valence-electron chi connectivity index (χ3n) is 0.901. The number of ketones is 1. The van der Waals surface area contributed by atoms with Crippen LogP contribution in [0.5, 0.6) is 0 Å². The molecule has 0 aliphatic carbocycles. The Morgan fingerprint density at radius 3 is 2.45 bits per heavy atom. The summed E-state index contributed by atoms with van der Waals surface area (Å²) in [6, 6.07) is 0. The van der Waals surface area contributed by atoms with Crippen LogP contribution in [0.3, 0.4) is 0 Å². The molecule has 2 N–H and O–H groups in total. The first-order valence-corrected chi connectivity index (χ1v) is 4.99. The molecule has 0 saturated heterocycles. The molecule has 0 spiro atoms. The van der Waals surface area contributed by atoms with Crippen molar-refractivity contribution < 1.29 is 19.1 Å². The van der Waals surface area contributed by atoms with E-state index in [0.717, 1.165) is 0 Å². The van der Waals surface area contributed by atoms with Crippen molar-refractivity contribution in [3.63, 3.8) is 0 Å². The highest BCUT2D eigenvalue weighted by atomic mass is 31.2. The largest absolute Gasteiger partial charge is 0.333 e. The van der Waals surface area contributed by atoms with Crippen LogP contribution in [0.1, 0.15) is 13.3 Å². The Morgan fingerprint density at radius 2 is 2.09 bits per heavy atom. The molecular formula is C6H11O4P. The van der Waals surface area contributed by atoms with Gasteiger partial charge in [-0.15, -0.1) is 0 Å². The van der Waals surface area contributed by atoms with Gasteiger partial charge < -0.3 is 9.79 Å². The van der Waals surface area contributed by atoms with Crippen LogP contribution in [0.25, 0.3) is 0 Å². The fourth-order valence-corrected chi connectivity index (χ4v) is 1.02. The minimum atomic E-state index is -4.16. The molecule has 0 fully saturated rings. The lowest BCUT2D eigenvalue weighted by atomic mass is 10.3. The zero-order chi connectivity index (χ0) is 8.91. The predicted molar refractivity (Wildman–Crippen MR) is 41.3 cm³/mol. The molecule has 0 aliphatic rings. The Kier molecular flexibility index (Phi) is 4.26. The van der Waals surface area contributed by atoms with E-state index in [1.165, 1.54) is 6.08 Å². The summed E-state index contributed by atoms with van der Waals surface area (Å²) >= 11 is 0. The molecule has 0 aromatic rings. The summed E-state index contributed by atoms with van der Waals surface area (Å²) in [4.78, 5) is 27.3. The summed E-state index contributed by atoms with van der Waals surface area (Å²) in [5.74, 6) is -0.528. The van der Waals surface area contributed by atoms with Gasteiger partial charge in [0.05, 0.1) is 0 Å². The van der Waals surface area contributed by atoms with E-state index in [4.69, 9.17) is 9.79 Å². The molecule has 4 nitrogen and oxygen atoms in total. The van der Waals surface area contributed by atoms with Gasteiger partial charge in [0.1, 0.15) is 6.16 Å². The Labute approximate surface area is 65.1 Å². The maximum Gasteiger partial charge on any atom is 0.333 e. The number of carbonyl (C=O) groups excluding carboxylic acids is 1. The number of hydrogen-bond donors (Lipinski definition) is 2. The Morgan fingerprint density at radius 1 is 1.55 bits per heavy atom. The lowest BCUT2D eigenvalue weighted by Gasteiger charge is -1.97. The molecule has 0 aromatic carbocycles. The first kappa shape index (κ1) is 10.6. The minimum Gasteiger partial charge on any atom is -0.324 e. The molecule has 0 atom stereocenters. The standard InChI is InChI=1S/C6H11O4P/c1-2-3-4-6(7)5-11(8,9)10/h3-4H,2,5H2,1H3,(H2,8,9,10). The van der Waals surface area contributed by atoms with Gasteiger partial charge in [-0.05, 0) is 12.5 Å². The fraction of sp³-hybridized carbons (Fsp3) is 0.500. The summed E-state index contributed by atoms with van der Waals surface area (Å²) in [6.07, 6.45) is 2.76. The maximum absolute atomic E-state index is 10.6. The second kappa shape index (κ2) is 4.44. The van der Waals surface area contributed by atoms with Crippen molar-refractivity contribution in [3.8, 4) is 0 Å². The van der Waals surface area contributed by atoms with Gasteiger partial charge in [0.15, 0.2) is 5.78 Å². The molecule has 0 radical (unpaired) electrons. The summed E-state index contributed by atoms with van der Waals surface area (Å²) < 4.78 is 10.2. The maximum atomic E-state index is 10.6. The normalized spacial score (nSPS) is 12.3. The number of carbonyl (C=O) groups is 1. The molecule has 11 heavy (non-hydrogen) atoms. The average molecular weight is 178 g/mol. The van der Waals surface area contributed by atoms with E-state index >= 15 is 0 Å². The van der Waals surface area contributed by atoms with Gasteiger partial charge in [0.25, 0.3) is 0 Å². The number of allylic oxidation sites excluding steroid dienone is 2. The van der Waals surface area contributed by atoms with Crippen LogP contribution in [0, 0.1) is 0 Å². The lowest BCUT2D eigenvalue weighted by Crippen LogP contribution is -2.00. The first-order chi connectivity index (χ1) is 4.95. The van der Waals surface area contributed by atoms with Crippen molar-refractivity contribution in [2.75, 3.05) is 6.16 Å². The van der Waals surface area contributed by atoms with Crippen molar-refractivity contribution in [1.29, 1.82) is 0 Å². The minimum absolute atomic E-state index is 0.528. The average Bonchev–Trinajstić information content (AvgIpc) is 1.79. The van der Waals surface area contributed by atoms with Crippen LogP contribution in [0.4, 0.5) is 0 Å². The van der Waals surface area contributed by atoms with E-state index in [-0.39, 0.29) is 0 Å². The zero-order valence-electron chi connectivity index (χ0n) is 6.23. The van der Waals surface area contributed by atoms with Crippen LogP contribution < -0.4 is 0 Å². The van der Waals surface area contributed by atoms with Crippen LogP contribution in [-0.4, -0.2) is 21.7 Å². The summed E-state index contributed by atoms with van der Waals surface area (Å²) in [6.45, 7) is 1.83. The molecule has 0 unspecified atom stereocenters. The molecule has 0 aromatic heterocycles. The molecule has 0 rings (SSSR count). The quantitative estimate of drug-likeness (QED) is 0.490. The van der Waals surface area contributed by atoms with Gasteiger partial charge in [-0.1, -0.05) is 13.0 Å². The third kappa shape index (κ3) is 7.46. The van der Waals surface area contributed by atoms with Gasteiger partial charge in [-0.2, -0.15) is 0 Å². The van der Waals surface area contributed by atoms with Gasteiger partial charge in [-0.3, -0.25) is 9.36 Å². The molecular weight excluding hydrogens is 167 g/mol. The second-order valence-corrected chi connectivity index (χ2v) is 3.75. The van der Waals surface area contributed by atoms with Gasteiger partial charge >= 0.3 is 7.60 Å². The Hall–Kier alpha value is -0.440. The predicted octanol–water partition coefficient (Wildman–Crippen LogP) is 0.699. The third-order valence-corrected chi connectivity index (χ3v) is 1.62. The van der Waals surface area contributed by atoms with Crippen LogP contribution >= 0.6 is 7.60 Å². The highest BCUT2D eigenvalue weighted by Crippen LogP contribution is 2.33. The Bertz CT molecular complexity index is 203. The van der Waals surface area contributed by atoms with E-state index in [1.54, 1.807) is 6.08 Å². The van der Waals surface area contributed by atoms with Gasteiger partial charge in [0.2, 0.25) is 0 Å². The SMILES string of the molecule is CCC=CC(=O)CP(=O)(O)O. The monoisotopic (exact) mass is 178 g/mol. The van der Waals surface area contributed by atoms with E-state index in [2.05, 4.69) is 0 Å². The molecule has 64 valence electrons. The van der Waals surface area contributed by atoms with E-state index < -0.39 is 19.5 Å². The van der Waals surface area contributed by atoms with Crippen molar-refractivity contribution in [1.82, 2.24) is 0 Å². The summed E-state index contributed by atoms with van der Waals surface area (Å²) in [5.41, 5.74) is 0. The number of rotatable bonds is 4. The van der Waals surface area contributed by atoms with Crippen molar-refractivity contribution in [2.24, 2.45) is 0 Å². The molecule has 0 heterocycles. The number of hydrogen-bond acceptors (Lipinski definition) is 2. The van der Waals surface area contributed by atoms with Crippen LogP contribution in [-0.2, 0) is 9.36 Å². The molecule has 0 aliphatic heterocycles. The van der Waals surface area contributed by atoms with Gasteiger partial charge in [-0.25, -0.2) is 0 Å². The van der Waals surface area contributed by atoms with E-state index in [0.29, 0.717) is 6.42 Å². The highest BCUT2D eigenvalue weighted by Gasteiger charge is 2.16. The first-order valence-electron chi connectivity index (χ1n) is 3.19. The van der Waals surface area contributed by atoms with E-state index in [9.17, 15) is 9.36 Å². The fourth-order valence-electron chi connectivity index (χ4n) is 0.505. The lowest BCUT2D eigenvalue weighted by molar-refractivity contribution is -0.112. The Balaban J connectivity index is 3.90. The molecule has 0 bridgehead atoms. The van der Waals surface area contributed by atoms with Crippen LogP contribution in [0.15, 0.2) is 12.2 Å². The molecule has 0 amide bonds. The van der Waals surface area contributed by atoms with Crippen molar-refractivity contribution in [3.05, 3.63) is 12.2 Å². The van der Waals surface area contributed by atoms with E-state index in [1.807, 2.05) is 6.92 Å².